The fourth-order valence-electron chi connectivity index (χ4n) is 1.82. The summed E-state index contributed by atoms with van der Waals surface area (Å²) in [6.45, 7) is 1.74. The lowest BCUT2D eigenvalue weighted by molar-refractivity contribution is -0.141. The highest BCUT2D eigenvalue weighted by molar-refractivity contribution is 6.28. The number of nitrogens with zero attached hydrogens (tertiary/aromatic N) is 1. The highest BCUT2D eigenvalue weighted by Gasteiger charge is 2.32. The summed E-state index contributed by atoms with van der Waals surface area (Å²) < 4.78 is 4.68. The molecule has 0 saturated heterocycles. The maximum atomic E-state index is 11.6. The first-order valence-electron chi connectivity index (χ1n) is 4.96. The van der Waals surface area contributed by atoms with Crippen LogP contribution in [0.2, 0.25) is 0 Å². The van der Waals surface area contributed by atoms with Crippen LogP contribution in [-0.4, -0.2) is 24.5 Å². The number of hydrogen-bond acceptors (Lipinski definition) is 4. The standard InChI is InChI=1S/C12H12N2O2/c1-7-10(12(15)16-2)11(13)8-5-3-4-6-9(8)14-7/h3-6,10,13H,1-2H3. The van der Waals surface area contributed by atoms with E-state index in [0.717, 1.165) is 5.69 Å². The van der Waals surface area contributed by atoms with Crippen molar-refractivity contribution in [1.82, 2.24) is 0 Å². The van der Waals surface area contributed by atoms with Gasteiger partial charge in [-0.3, -0.25) is 9.79 Å². The maximum absolute atomic E-state index is 11.6. The third-order valence-electron chi connectivity index (χ3n) is 2.63. The van der Waals surface area contributed by atoms with Crippen LogP contribution in [0.1, 0.15) is 12.5 Å². The fraction of sp³-hybridized carbons (Fsp3) is 0.250. The highest BCUT2D eigenvalue weighted by atomic mass is 16.5. The molecule has 1 aliphatic rings. The summed E-state index contributed by atoms with van der Waals surface area (Å²) in [4.78, 5) is 15.9. The number of aliphatic imine (C=N–C) groups is 1. The summed E-state index contributed by atoms with van der Waals surface area (Å²) in [5, 5.41) is 8.01. The van der Waals surface area contributed by atoms with Gasteiger partial charge in [0.25, 0.3) is 0 Å². The molecule has 0 amide bonds. The number of nitrogens with one attached hydrogen (secondary N) is 1. The molecule has 4 heteroatoms. The van der Waals surface area contributed by atoms with Crippen molar-refractivity contribution in [2.45, 2.75) is 6.92 Å². The van der Waals surface area contributed by atoms with Crippen molar-refractivity contribution >= 4 is 23.1 Å². The largest absolute Gasteiger partial charge is 0.468 e. The summed E-state index contributed by atoms with van der Waals surface area (Å²) in [5.74, 6) is -1.10. The lowest BCUT2D eigenvalue weighted by Crippen LogP contribution is -2.33. The molecule has 0 radical (unpaired) electrons. The molecule has 1 aromatic carbocycles. The predicted molar refractivity (Wildman–Crippen MR) is 61.5 cm³/mol. The zero-order valence-corrected chi connectivity index (χ0v) is 9.15. The molecule has 4 nitrogen and oxygen atoms in total. The monoisotopic (exact) mass is 216 g/mol. The van der Waals surface area contributed by atoms with E-state index in [9.17, 15) is 4.79 Å². The number of carbonyl (C=O) groups excluding carboxylic acids is 1. The topological polar surface area (TPSA) is 62.5 Å². The van der Waals surface area contributed by atoms with Crippen molar-refractivity contribution in [1.29, 1.82) is 5.41 Å². The van der Waals surface area contributed by atoms with Crippen LogP contribution in [0.3, 0.4) is 0 Å². The van der Waals surface area contributed by atoms with E-state index in [1.54, 1.807) is 13.0 Å². The van der Waals surface area contributed by atoms with E-state index in [-0.39, 0.29) is 5.71 Å². The second kappa shape index (κ2) is 3.89. The van der Waals surface area contributed by atoms with Gasteiger partial charge in [-0.2, -0.15) is 0 Å². The summed E-state index contributed by atoms with van der Waals surface area (Å²) in [5.41, 5.74) is 2.30. The van der Waals surface area contributed by atoms with E-state index >= 15 is 0 Å². The zero-order valence-electron chi connectivity index (χ0n) is 9.15. The van der Waals surface area contributed by atoms with Crippen LogP contribution in [0, 0.1) is 11.3 Å². The van der Waals surface area contributed by atoms with Gasteiger partial charge in [-0.25, -0.2) is 0 Å². The Bertz CT molecular complexity index is 492. The minimum absolute atomic E-state index is 0.259. The maximum Gasteiger partial charge on any atom is 0.320 e. The van der Waals surface area contributed by atoms with Crippen LogP contribution in [0.5, 0.6) is 0 Å². The molecule has 0 bridgehead atoms. The number of ether oxygens (including phenoxy) is 1. The number of fused-ring (bicyclic) bond motifs is 1. The first-order valence-corrected chi connectivity index (χ1v) is 4.96. The number of hydrogen-bond donors (Lipinski definition) is 1. The van der Waals surface area contributed by atoms with Gasteiger partial charge in [0, 0.05) is 11.3 Å². The van der Waals surface area contributed by atoms with Crippen molar-refractivity contribution < 1.29 is 9.53 Å². The molecule has 1 N–H and O–H groups in total. The number of benzene rings is 1. The van der Waals surface area contributed by atoms with Gasteiger partial charge in [0.2, 0.25) is 0 Å². The Morgan fingerprint density at radius 2 is 2.12 bits per heavy atom. The van der Waals surface area contributed by atoms with Gasteiger partial charge >= 0.3 is 5.97 Å². The molecule has 2 rings (SSSR count). The first kappa shape index (κ1) is 10.5. The zero-order chi connectivity index (χ0) is 11.7. The average molecular weight is 216 g/mol. The van der Waals surface area contributed by atoms with Gasteiger partial charge in [-0.1, -0.05) is 18.2 Å². The van der Waals surface area contributed by atoms with Crippen LogP contribution in [-0.2, 0) is 9.53 Å². The number of carbonyl (C=O) groups is 1. The molecule has 1 aliphatic heterocycles. The van der Waals surface area contributed by atoms with E-state index in [2.05, 4.69) is 9.73 Å². The lowest BCUT2D eigenvalue weighted by Gasteiger charge is -2.21. The molecule has 1 atom stereocenters. The number of esters is 1. The summed E-state index contributed by atoms with van der Waals surface area (Å²) in [7, 11) is 1.32. The molecule has 82 valence electrons. The Morgan fingerprint density at radius 3 is 2.81 bits per heavy atom. The van der Waals surface area contributed by atoms with Crippen LogP contribution < -0.4 is 0 Å². The number of rotatable bonds is 1. The molecule has 16 heavy (non-hydrogen) atoms. The predicted octanol–water partition coefficient (Wildman–Crippen LogP) is 1.95. The fourth-order valence-corrected chi connectivity index (χ4v) is 1.82. The SMILES string of the molecule is COC(=O)C1C(=N)c2ccccc2N=C1C. The van der Waals surface area contributed by atoms with Crippen LogP contribution in [0.4, 0.5) is 5.69 Å². The Balaban J connectivity index is 2.51. The minimum Gasteiger partial charge on any atom is -0.468 e. The Hall–Kier alpha value is -1.97. The van der Waals surface area contributed by atoms with E-state index in [1.165, 1.54) is 7.11 Å². The van der Waals surface area contributed by atoms with E-state index in [1.807, 2.05) is 18.2 Å². The van der Waals surface area contributed by atoms with Crippen LogP contribution in [0.15, 0.2) is 29.3 Å². The molecular weight excluding hydrogens is 204 g/mol. The van der Waals surface area contributed by atoms with Crippen LogP contribution in [0.25, 0.3) is 0 Å². The minimum atomic E-state index is -0.667. The molecule has 0 spiro atoms. The van der Waals surface area contributed by atoms with Gasteiger partial charge < -0.3 is 10.1 Å². The molecule has 0 aliphatic carbocycles. The summed E-state index contributed by atoms with van der Waals surface area (Å²) >= 11 is 0. The van der Waals surface area contributed by atoms with Gasteiger partial charge in [0.1, 0.15) is 5.92 Å². The average Bonchev–Trinajstić information content (AvgIpc) is 2.28. The molecule has 1 heterocycles. The van der Waals surface area contributed by atoms with Gasteiger partial charge in [0.05, 0.1) is 18.5 Å². The van der Waals surface area contributed by atoms with Crippen molar-refractivity contribution in [3.05, 3.63) is 29.8 Å². The Kier molecular flexibility index (Phi) is 2.56. The molecule has 0 fully saturated rings. The first-order chi connectivity index (χ1) is 7.65. The number of para-hydroxylation sites is 1. The van der Waals surface area contributed by atoms with Gasteiger partial charge in [-0.15, -0.1) is 0 Å². The van der Waals surface area contributed by atoms with Crippen molar-refractivity contribution in [2.24, 2.45) is 10.9 Å². The number of methoxy groups -OCH3 is 1. The smallest absolute Gasteiger partial charge is 0.320 e. The molecule has 1 aromatic rings. The Morgan fingerprint density at radius 1 is 1.44 bits per heavy atom. The van der Waals surface area contributed by atoms with E-state index in [0.29, 0.717) is 11.3 Å². The summed E-state index contributed by atoms with van der Waals surface area (Å²) in [6, 6.07) is 7.32. The van der Waals surface area contributed by atoms with Gasteiger partial charge in [-0.05, 0) is 13.0 Å². The third kappa shape index (κ3) is 1.52. The second-order valence-electron chi connectivity index (χ2n) is 3.64. The van der Waals surface area contributed by atoms with Crippen molar-refractivity contribution in [2.75, 3.05) is 7.11 Å². The normalized spacial score (nSPS) is 18.8. The third-order valence-corrected chi connectivity index (χ3v) is 2.63. The second-order valence-corrected chi connectivity index (χ2v) is 3.64. The quantitative estimate of drug-likeness (QED) is 0.729. The molecule has 0 saturated carbocycles. The molecule has 1 unspecified atom stereocenters. The lowest BCUT2D eigenvalue weighted by atomic mass is 9.89. The van der Waals surface area contributed by atoms with Crippen molar-refractivity contribution in [3.63, 3.8) is 0 Å². The highest BCUT2D eigenvalue weighted by Crippen LogP contribution is 2.28. The van der Waals surface area contributed by atoms with Crippen molar-refractivity contribution in [3.8, 4) is 0 Å². The van der Waals surface area contributed by atoms with Gasteiger partial charge in [0.15, 0.2) is 0 Å². The molecular formula is C12H12N2O2. The van der Waals surface area contributed by atoms with E-state index < -0.39 is 11.9 Å². The summed E-state index contributed by atoms with van der Waals surface area (Å²) in [6.07, 6.45) is 0. The van der Waals surface area contributed by atoms with Crippen LogP contribution >= 0.6 is 0 Å². The molecule has 0 aromatic heterocycles. The van der Waals surface area contributed by atoms with E-state index in [4.69, 9.17) is 5.41 Å². The Labute approximate surface area is 93.5 Å².